The van der Waals surface area contributed by atoms with Gasteiger partial charge < -0.3 is 10.2 Å². The average Bonchev–Trinajstić information content (AvgIpc) is 3.23. The van der Waals surface area contributed by atoms with Gasteiger partial charge in [0.05, 0.1) is 0 Å². The summed E-state index contributed by atoms with van der Waals surface area (Å²) in [4.78, 5) is 23.8. The summed E-state index contributed by atoms with van der Waals surface area (Å²) in [5.74, 6) is 0.539. The molecule has 0 saturated heterocycles. The van der Waals surface area contributed by atoms with Gasteiger partial charge in [-0.3, -0.25) is 4.79 Å². The van der Waals surface area contributed by atoms with Gasteiger partial charge in [-0.15, -0.1) is 0 Å². The number of aromatic nitrogens is 2. The number of rotatable bonds is 3. The van der Waals surface area contributed by atoms with Gasteiger partial charge in [-0.05, 0) is 43.9 Å². The summed E-state index contributed by atoms with van der Waals surface area (Å²) in [7, 11) is 0. The largest absolute Gasteiger partial charge is 0.348 e. The number of hydrogen-bond acceptors (Lipinski definition) is 4. The highest BCUT2D eigenvalue weighted by Crippen LogP contribution is 2.32. The molecular weight excluding hydrogens is 300 g/mol. The van der Waals surface area contributed by atoms with E-state index in [2.05, 4.69) is 38.4 Å². The predicted octanol–water partition coefficient (Wildman–Crippen LogP) is 3.15. The molecule has 1 aliphatic heterocycles. The van der Waals surface area contributed by atoms with E-state index in [1.807, 2.05) is 13.0 Å². The first kappa shape index (κ1) is 15.1. The molecule has 1 aromatic heterocycles. The van der Waals surface area contributed by atoms with Gasteiger partial charge in [0.15, 0.2) is 0 Å². The SMILES string of the molecule is Cc1cc(C(=O)NC2CCCC2)nc(N2CCc3ccccc32)n1. The lowest BCUT2D eigenvalue weighted by Crippen LogP contribution is -2.33. The Balaban J connectivity index is 1.61. The Morgan fingerprint density at radius 1 is 1.21 bits per heavy atom. The van der Waals surface area contributed by atoms with Gasteiger partial charge in [-0.25, -0.2) is 9.97 Å². The van der Waals surface area contributed by atoms with Crippen LogP contribution in [-0.4, -0.2) is 28.5 Å². The number of nitrogens with zero attached hydrogens (tertiary/aromatic N) is 3. The predicted molar refractivity (Wildman–Crippen MR) is 93.6 cm³/mol. The Morgan fingerprint density at radius 2 is 2.00 bits per heavy atom. The van der Waals surface area contributed by atoms with Crippen LogP contribution in [0.3, 0.4) is 0 Å². The summed E-state index contributed by atoms with van der Waals surface area (Å²) < 4.78 is 0. The first-order valence-electron chi connectivity index (χ1n) is 8.73. The van der Waals surface area contributed by atoms with Crippen molar-refractivity contribution in [3.05, 3.63) is 47.3 Å². The number of nitrogens with one attached hydrogen (secondary N) is 1. The van der Waals surface area contributed by atoms with Gasteiger partial charge in [-0.1, -0.05) is 31.0 Å². The van der Waals surface area contributed by atoms with Gasteiger partial charge in [0.25, 0.3) is 5.91 Å². The number of aryl methyl sites for hydroxylation is 1. The molecule has 0 unspecified atom stereocenters. The van der Waals surface area contributed by atoms with Crippen LogP contribution < -0.4 is 10.2 Å². The van der Waals surface area contributed by atoms with Crippen molar-refractivity contribution in [3.8, 4) is 0 Å². The molecule has 2 heterocycles. The van der Waals surface area contributed by atoms with Crippen LogP contribution in [0.25, 0.3) is 0 Å². The number of carbonyl (C=O) groups is 1. The highest BCUT2D eigenvalue weighted by Gasteiger charge is 2.24. The number of amides is 1. The van der Waals surface area contributed by atoms with Crippen molar-refractivity contribution in [2.75, 3.05) is 11.4 Å². The van der Waals surface area contributed by atoms with Crippen molar-refractivity contribution >= 4 is 17.5 Å². The summed E-state index contributed by atoms with van der Waals surface area (Å²) in [5, 5.41) is 3.11. The van der Waals surface area contributed by atoms with Gasteiger partial charge in [0.1, 0.15) is 5.69 Å². The summed E-state index contributed by atoms with van der Waals surface area (Å²) in [6.45, 7) is 2.77. The quantitative estimate of drug-likeness (QED) is 0.943. The molecule has 24 heavy (non-hydrogen) atoms. The number of fused-ring (bicyclic) bond motifs is 1. The highest BCUT2D eigenvalue weighted by atomic mass is 16.1. The summed E-state index contributed by atoms with van der Waals surface area (Å²) in [6.07, 6.45) is 5.52. The number of para-hydroxylation sites is 1. The van der Waals surface area contributed by atoms with Crippen LogP contribution >= 0.6 is 0 Å². The molecular formula is C19H22N4O. The van der Waals surface area contributed by atoms with E-state index in [9.17, 15) is 4.79 Å². The van der Waals surface area contributed by atoms with Crippen LogP contribution in [0.2, 0.25) is 0 Å². The van der Waals surface area contributed by atoms with E-state index in [4.69, 9.17) is 0 Å². The number of carbonyl (C=O) groups excluding carboxylic acids is 1. The molecule has 1 aliphatic carbocycles. The minimum Gasteiger partial charge on any atom is -0.348 e. The lowest BCUT2D eigenvalue weighted by Gasteiger charge is -2.19. The second-order valence-corrected chi connectivity index (χ2v) is 6.68. The zero-order valence-corrected chi connectivity index (χ0v) is 14.0. The molecule has 1 saturated carbocycles. The maximum absolute atomic E-state index is 12.5. The first-order chi connectivity index (χ1) is 11.7. The molecule has 2 aliphatic rings. The first-order valence-corrected chi connectivity index (χ1v) is 8.73. The summed E-state index contributed by atoms with van der Waals surface area (Å²) in [5.41, 5.74) is 3.74. The van der Waals surface area contributed by atoms with Crippen LogP contribution in [0, 0.1) is 6.92 Å². The molecule has 124 valence electrons. The number of benzene rings is 1. The van der Waals surface area contributed by atoms with Gasteiger partial charge in [0.2, 0.25) is 5.95 Å². The third-order valence-corrected chi connectivity index (χ3v) is 4.89. The van der Waals surface area contributed by atoms with Crippen molar-refractivity contribution in [1.29, 1.82) is 0 Å². The van der Waals surface area contributed by atoms with Crippen LogP contribution in [-0.2, 0) is 6.42 Å². The van der Waals surface area contributed by atoms with E-state index in [0.717, 1.165) is 37.2 Å². The molecule has 2 aromatic rings. The van der Waals surface area contributed by atoms with E-state index in [-0.39, 0.29) is 5.91 Å². The molecule has 0 atom stereocenters. The molecule has 4 rings (SSSR count). The van der Waals surface area contributed by atoms with E-state index in [0.29, 0.717) is 17.7 Å². The maximum atomic E-state index is 12.5. The average molecular weight is 322 g/mol. The van der Waals surface area contributed by atoms with E-state index in [1.54, 1.807) is 6.07 Å². The standard InChI is InChI=1S/C19H22N4O/c1-13-12-16(18(24)21-15-7-3-4-8-15)22-19(20-13)23-11-10-14-6-2-5-9-17(14)23/h2,5-6,9,12,15H,3-4,7-8,10-11H2,1H3,(H,21,24). The molecule has 1 aromatic carbocycles. The zero-order valence-electron chi connectivity index (χ0n) is 14.0. The second-order valence-electron chi connectivity index (χ2n) is 6.68. The van der Waals surface area contributed by atoms with Crippen molar-refractivity contribution in [3.63, 3.8) is 0 Å². The van der Waals surface area contributed by atoms with Crippen LogP contribution in [0.4, 0.5) is 11.6 Å². The lowest BCUT2D eigenvalue weighted by molar-refractivity contribution is 0.0932. The minimum atomic E-state index is -0.0823. The fourth-order valence-electron chi connectivity index (χ4n) is 3.67. The van der Waals surface area contributed by atoms with Gasteiger partial charge in [0, 0.05) is 24.0 Å². The molecule has 0 bridgehead atoms. The Kier molecular flexibility index (Phi) is 3.92. The Hall–Kier alpha value is -2.43. The van der Waals surface area contributed by atoms with Gasteiger partial charge in [-0.2, -0.15) is 0 Å². The smallest absolute Gasteiger partial charge is 0.270 e. The molecule has 1 N–H and O–H groups in total. The maximum Gasteiger partial charge on any atom is 0.270 e. The third kappa shape index (κ3) is 2.86. The molecule has 1 amide bonds. The normalized spacial score (nSPS) is 17.1. The Labute approximate surface area is 142 Å². The molecule has 0 radical (unpaired) electrons. The minimum absolute atomic E-state index is 0.0823. The second kappa shape index (κ2) is 6.23. The van der Waals surface area contributed by atoms with E-state index >= 15 is 0 Å². The Bertz CT molecular complexity index is 768. The van der Waals surface area contributed by atoms with E-state index in [1.165, 1.54) is 18.4 Å². The Morgan fingerprint density at radius 3 is 2.83 bits per heavy atom. The van der Waals surface area contributed by atoms with Gasteiger partial charge >= 0.3 is 0 Å². The molecule has 1 fully saturated rings. The van der Waals surface area contributed by atoms with Crippen molar-refractivity contribution in [2.24, 2.45) is 0 Å². The van der Waals surface area contributed by atoms with Crippen LogP contribution in [0.5, 0.6) is 0 Å². The monoisotopic (exact) mass is 322 g/mol. The zero-order chi connectivity index (χ0) is 16.5. The van der Waals surface area contributed by atoms with E-state index < -0.39 is 0 Å². The number of anilines is 2. The third-order valence-electron chi connectivity index (χ3n) is 4.89. The topological polar surface area (TPSA) is 58.1 Å². The summed E-state index contributed by atoms with van der Waals surface area (Å²) >= 11 is 0. The number of hydrogen-bond donors (Lipinski definition) is 1. The van der Waals surface area contributed by atoms with Crippen molar-refractivity contribution in [1.82, 2.24) is 15.3 Å². The highest BCUT2D eigenvalue weighted by molar-refractivity contribution is 5.93. The summed E-state index contributed by atoms with van der Waals surface area (Å²) in [6, 6.07) is 10.4. The fraction of sp³-hybridized carbons (Fsp3) is 0.421. The fourth-order valence-corrected chi connectivity index (χ4v) is 3.67. The molecule has 0 spiro atoms. The molecule has 5 nitrogen and oxygen atoms in total. The van der Waals surface area contributed by atoms with Crippen LogP contribution in [0.15, 0.2) is 30.3 Å². The molecule has 5 heteroatoms. The van der Waals surface area contributed by atoms with Crippen LogP contribution in [0.1, 0.15) is 47.4 Å². The van der Waals surface area contributed by atoms with Crippen molar-refractivity contribution in [2.45, 2.75) is 45.1 Å². The lowest BCUT2D eigenvalue weighted by atomic mass is 10.2. The van der Waals surface area contributed by atoms with Crippen molar-refractivity contribution < 1.29 is 4.79 Å².